The van der Waals surface area contributed by atoms with E-state index in [1.165, 1.54) is 0 Å². The lowest BCUT2D eigenvalue weighted by atomic mass is 10.5. The van der Waals surface area contributed by atoms with Gasteiger partial charge in [0.15, 0.2) is 0 Å². The van der Waals surface area contributed by atoms with E-state index in [0.29, 0.717) is 0 Å². The van der Waals surface area contributed by atoms with E-state index in [1.54, 1.807) is 0 Å². The third-order valence-electron chi connectivity index (χ3n) is 2.01. The second kappa shape index (κ2) is 14.5. The molecular weight excluding hydrogens is 250 g/mol. The monoisotopic (exact) mass is 277 g/mol. The van der Waals surface area contributed by atoms with E-state index in [1.807, 2.05) is 0 Å². The first-order valence-electron chi connectivity index (χ1n) is 6.61. The molecule has 5 nitrogen and oxygen atoms in total. The molecule has 0 fully saturated rings. The van der Waals surface area contributed by atoms with Gasteiger partial charge in [-0.15, -0.1) is 0 Å². The van der Waals surface area contributed by atoms with Crippen LogP contribution in [0.4, 0.5) is 0 Å². The van der Waals surface area contributed by atoms with Crippen LogP contribution >= 0.6 is 0 Å². The summed E-state index contributed by atoms with van der Waals surface area (Å²) in [4.78, 5) is 8.35. The first-order valence-corrected chi connectivity index (χ1v) is 8.55. The number of hydrogen-bond acceptors (Lipinski definition) is 5. The van der Waals surface area contributed by atoms with Gasteiger partial charge < -0.3 is 13.3 Å². The van der Waals surface area contributed by atoms with Crippen LogP contribution in [0.15, 0.2) is 0 Å². The van der Waals surface area contributed by atoms with Crippen molar-refractivity contribution in [1.29, 1.82) is 5.41 Å². The molecule has 0 unspecified atom stereocenters. The van der Waals surface area contributed by atoms with Crippen molar-refractivity contribution in [2.24, 2.45) is 0 Å². The maximum absolute atomic E-state index is 8.35. The Balaban J connectivity index is 0. The van der Waals surface area contributed by atoms with E-state index in [0.717, 1.165) is 51.2 Å². The van der Waals surface area contributed by atoms with E-state index >= 15 is 0 Å². The van der Waals surface area contributed by atoms with Gasteiger partial charge in [0.05, 0.1) is 0 Å². The van der Waals surface area contributed by atoms with Crippen LogP contribution in [0, 0.1) is 5.41 Å². The SMILES string of the molecule is CCCO[Si](CC)(OCCC)OCCC.N=C=O. The van der Waals surface area contributed by atoms with Gasteiger partial charge in [-0.3, -0.25) is 0 Å². The Morgan fingerprint density at radius 3 is 1.33 bits per heavy atom. The average Bonchev–Trinajstić information content (AvgIpc) is 2.39. The molecule has 0 aromatic carbocycles. The van der Waals surface area contributed by atoms with Gasteiger partial charge in [-0.1, -0.05) is 27.7 Å². The number of rotatable bonds is 10. The third-order valence-corrected chi connectivity index (χ3v) is 4.81. The van der Waals surface area contributed by atoms with Crippen LogP contribution in [0.25, 0.3) is 0 Å². The second-order valence-corrected chi connectivity index (χ2v) is 6.62. The van der Waals surface area contributed by atoms with Crippen molar-refractivity contribution in [3.8, 4) is 0 Å². The minimum atomic E-state index is -2.33. The summed E-state index contributed by atoms with van der Waals surface area (Å²) in [6, 6.07) is 0.868. The van der Waals surface area contributed by atoms with Gasteiger partial charge >= 0.3 is 8.80 Å². The molecule has 0 saturated carbocycles. The molecule has 0 aliphatic rings. The summed E-state index contributed by atoms with van der Waals surface area (Å²) in [6.07, 6.45) is 3.79. The van der Waals surface area contributed by atoms with Gasteiger partial charge in [-0.2, -0.15) is 0 Å². The lowest BCUT2D eigenvalue weighted by Gasteiger charge is -2.28. The minimum Gasteiger partial charge on any atom is -0.373 e. The molecule has 0 aromatic rings. The molecule has 0 amide bonds. The zero-order chi connectivity index (χ0) is 14.3. The van der Waals surface area contributed by atoms with Crippen LogP contribution in [-0.4, -0.2) is 34.7 Å². The van der Waals surface area contributed by atoms with E-state index in [4.69, 9.17) is 23.5 Å². The fraction of sp³-hybridized carbons (Fsp3) is 0.917. The highest BCUT2D eigenvalue weighted by Crippen LogP contribution is 2.16. The molecule has 0 radical (unpaired) electrons. The van der Waals surface area contributed by atoms with Crippen molar-refractivity contribution < 1.29 is 18.1 Å². The molecule has 0 spiro atoms. The normalized spacial score (nSPS) is 10.4. The van der Waals surface area contributed by atoms with Crippen LogP contribution in [0.5, 0.6) is 0 Å². The van der Waals surface area contributed by atoms with Crippen molar-refractivity contribution in [3.05, 3.63) is 0 Å². The standard InChI is InChI=1S/C11H26O3Si.CHNO/c1-5-9-12-15(8-4,13-10-6-2)14-11-7-3;2-1-3/h5-11H2,1-4H3;2H. The molecule has 0 aliphatic heterocycles. The fourth-order valence-electron chi connectivity index (χ4n) is 1.20. The first-order chi connectivity index (χ1) is 8.66. The average molecular weight is 277 g/mol. The predicted molar refractivity (Wildman–Crippen MR) is 73.4 cm³/mol. The quantitative estimate of drug-likeness (QED) is 0.378. The largest absolute Gasteiger partial charge is 0.500 e. The number of hydrogen-bond donors (Lipinski definition) is 1. The summed E-state index contributed by atoms with van der Waals surface area (Å²) in [5.41, 5.74) is 0. The Labute approximate surface area is 112 Å². The van der Waals surface area contributed by atoms with Crippen LogP contribution in [0.2, 0.25) is 6.04 Å². The Kier molecular flexibility index (Phi) is 16.0. The van der Waals surface area contributed by atoms with E-state index in [9.17, 15) is 0 Å². The van der Waals surface area contributed by atoms with Gasteiger partial charge in [-0.05, 0) is 19.3 Å². The number of nitrogens with one attached hydrogen (secondary N) is 1. The second-order valence-electron chi connectivity index (χ2n) is 3.68. The topological polar surface area (TPSA) is 68.6 Å². The van der Waals surface area contributed by atoms with Gasteiger partial charge in [-0.25, -0.2) is 10.2 Å². The molecule has 0 atom stereocenters. The Morgan fingerprint density at radius 1 is 0.889 bits per heavy atom. The van der Waals surface area contributed by atoms with Crippen molar-refractivity contribution in [3.63, 3.8) is 0 Å². The van der Waals surface area contributed by atoms with Crippen molar-refractivity contribution >= 4 is 14.9 Å². The smallest absolute Gasteiger partial charge is 0.373 e. The molecule has 0 heterocycles. The van der Waals surface area contributed by atoms with E-state index in [-0.39, 0.29) is 0 Å². The predicted octanol–water partition coefficient (Wildman–Crippen LogP) is 3.13. The van der Waals surface area contributed by atoms with Gasteiger partial charge in [0.2, 0.25) is 6.08 Å². The Hall–Kier alpha value is -0.523. The van der Waals surface area contributed by atoms with E-state index in [2.05, 4.69) is 27.7 Å². The van der Waals surface area contributed by atoms with Crippen LogP contribution in [0.1, 0.15) is 47.0 Å². The molecule has 6 heteroatoms. The first kappa shape index (κ1) is 19.8. The molecule has 18 heavy (non-hydrogen) atoms. The number of isocyanates is 1. The van der Waals surface area contributed by atoms with Crippen LogP contribution in [0.3, 0.4) is 0 Å². The highest BCUT2D eigenvalue weighted by atomic mass is 28.4. The van der Waals surface area contributed by atoms with Crippen molar-refractivity contribution in [2.75, 3.05) is 19.8 Å². The summed E-state index contributed by atoms with van der Waals surface area (Å²) < 4.78 is 17.5. The maximum atomic E-state index is 8.35. The summed E-state index contributed by atoms with van der Waals surface area (Å²) in [7, 11) is -2.33. The highest BCUT2D eigenvalue weighted by molar-refractivity contribution is 6.60. The van der Waals surface area contributed by atoms with Gasteiger partial charge in [0, 0.05) is 25.9 Å². The summed E-state index contributed by atoms with van der Waals surface area (Å²) in [5.74, 6) is 0. The van der Waals surface area contributed by atoms with Gasteiger partial charge in [0.25, 0.3) is 0 Å². The molecular formula is C12H27NO4Si. The molecule has 0 aromatic heterocycles. The minimum absolute atomic E-state index is 0.744. The lowest BCUT2D eigenvalue weighted by molar-refractivity contribution is 0.0604. The van der Waals surface area contributed by atoms with E-state index < -0.39 is 8.80 Å². The van der Waals surface area contributed by atoms with Gasteiger partial charge in [0.1, 0.15) is 0 Å². The third kappa shape index (κ3) is 10.6. The molecule has 1 N–H and O–H groups in total. The fourth-order valence-corrected chi connectivity index (χ4v) is 3.61. The molecule has 0 saturated heterocycles. The zero-order valence-corrected chi connectivity index (χ0v) is 13.1. The Morgan fingerprint density at radius 2 is 1.17 bits per heavy atom. The highest BCUT2D eigenvalue weighted by Gasteiger charge is 2.38. The van der Waals surface area contributed by atoms with Crippen molar-refractivity contribution in [2.45, 2.75) is 53.0 Å². The molecule has 108 valence electrons. The zero-order valence-electron chi connectivity index (χ0n) is 12.1. The van der Waals surface area contributed by atoms with Crippen LogP contribution in [-0.2, 0) is 18.1 Å². The summed E-state index contributed by atoms with van der Waals surface area (Å²) in [6.45, 7) is 10.6. The van der Waals surface area contributed by atoms with Crippen LogP contribution < -0.4 is 0 Å². The Bertz CT molecular complexity index is 186. The van der Waals surface area contributed by atoms with Crippen molar-refractivity contribution in [1.82, 2.24) is 0 Å². The summed E-state index contributed by atoms with van der Waals surface area (Å²) >= 11 is 0. The molecule has 0 bridgehead atoms. The summed E-state index contributed by atoms with van der Waals surface area (Å²) in [5, 5.41) is 5.40. The number of carbonyl (C=O) groups excluding carboxylic acids is 1. The maximum Gasteiger partial charge on any atom is 0.500 e. The lowest BCUT2D eigenvalue weighted by Crippen LogP contribution is -2.45. The molecule has 0 rings (SSSR count). The molecule has 0 aliphatic carbocycles.